The third-order valence-corrected chi connectivity index (χ3v) is 2.93. The molecule has 7 heteroatoms. The number of aromatic nitrogens is 1. The predicted octanol–water partition coefficient (Wildman–Crippen LogP) is 1.81. The zero-order valence-corrected chi connectivity index (χ0v) is 13.4. The zero-order chi connectivity index (χ0) is 16.0. The molecule has 0 saturated heterocycles. The van der Waals surface area contributed by atoms with Crippen LogP contribution >= 0.6 is 11.6 Å². The second-order valence-electron chi connectivity index (χ2n) is 4.94. The van der Waals surface area contributed by atoms with Gasteiger partial charge in [-0.3, -0.25) is 9.59 Å². The summed E-state index contributed by atoms with van der Waals surface area (Å²) in [5.74, 6) is -0.0882. The van der Waals surface area contributed by atoms with E-state index in [0.717, 1.165) is 0 Å². The van der Waals surface area contributed by atoms with Gasteiger partial charge in [-0.05, 0) is 33.8 Å². The molecule has 3 N–H and O–H groups in total. The van der Waals surface area contributed by atoms with Gasteiger partial charge in [-0.2, -0.15) is 0 Å². The first-order valence-electron chi connectivity index (χ1n) is 6.85. The van der Waals surface area contributed by atoms with Gasteiger partial charge in [-0.1, -0.05) is 11.6 Å². The van der Waals surface area contributed by atoms with Gasteiger partial charge in [0, 0.05) is 18.8 Å². The molecule has 0 aliphatic rings. The summed E-state index contributed by atoms with van der Waals surface area (Å²) in [7, 11) is 0. The summed E-state index contributed by atoms with van der Waals surface area (Å²) in [4.78, 5) is 28.0. The highest BCUT2D eigenvalue weighted by molar-refractivity contribution is 6.33. The highest BCUT2D eigenvalue weighted by Crippen LogP contribution is 2.18. The lowest BCUT2D eigenvalue weighted by Gasteiger charge is -2.16. The topological polar surface area (TPSA) is 83.1 Å². The number of nitrogens with one attached hydrogen (secondary N) is 3. The summed E-state index contributed by atoms with van der Waals surface area (Å²) < 4.78 is 0. The van der Waals surface area contributed by atoms with Crippen molar-refractivity contribution in [1.29, 1.82) is 0 Å². The summed E-state index contributed by atoms with van der Waals surface area (Å²) in [6.45, 7) is 7.94. The lowest BCUT2D eigenvalue weighted by Crippen LogP contribution is -2.46. The smallest absolute Gasteiger partial charge is 0.253 e. The first-order chi connectivity index (χ1) is 9.85. The molecular weight excluding hydrogens is 292 g/mol. The number of nitrogens with zero attached hydrogens (tertiary/aromatic N) is 1. The lowest BCUT2D eigenvalue weighted by atomic mass is 10.2. The third kappa shape index (κ3) is 5.23. The molecule has 0 saturated carbocycles. The van der Waals surface area contributed by atoms with Crippen LogP contribution in [0.5, 0.6) is 0 Å². The van der Waals surface area contributed by atoms with Crippen LogP contribution in [-0.2, 0) is 4.79 Å². The standard InChI is InChI=1S/C14H21ClN4O2/c1-5-16-12-6-10(11(15)7-17-12)14(21)19-9(4)13(20)18-8(2)3/h6-9H,5H2,1-4H3,(H,16,17)(H,18,20)(H,19,21). The number of anilines is 1. The van der Waals surface area contributed by atoms with Gasteiger partial charge in [0.05, 0.1) is 10.6 Å². The fourth-order valence-electron chi connectivity index (χ4n) is 1.64. The van der Waals surface area contributed by atoms with Crippen LogP contribution in [0.15, 0.2) is 12.3 Å². The Bertz CT molecular complexity index is 520. The number of carbonyl (C=O) groups is 2. The first-order valence-corrected chi connectivity index (χ1v) is 7.23. The maximum atomic E-state index is 12.2. The normalized spacial score (nSPS) is 11.9. The van der Waals surface area contributed by atoms with Crippen molar-refractivity contribution in [2.45, 2.75) is 39.8 Å². The molecule has 21 heavy (non-hydrogen) atoms. The van der Waals surface area contributed by atoms with Gasteiger partial charge in [0.2, 0.25) is 5.91 Å². The van der Waals surface area contributed by atoms with Crippen molar-refractivity contribution < 1.29 is 9.59 Å². The van der Waals surface area contributed by atoms with Gasteiger partial charge in [0.1, 0.15) is 11.9 Å². The highest BCUT2D eigenvalue weighted by Gasteiger charge is 2.19. The SMILES string of the molecule is CCNc1cc(C(=O)NC(C)C(=O)NC(C)C)c(Cl)cn1. The fraction of sp³-hybridized carbons (Fsp3) is 0.500. The molecule has 0 aliphatic carbocycles. The Morgan fingerprint density at radius 3 is 2.52 bits per heavy atom. The summed E-state index contributed by atoms with van der Waals surface area (Å²) in [5, 5.41) is 8.60. The minimum atomic E-state index is -0.647. The first kappa shape index (κ1) is 17.2. The van der Waals surface area contributed by atoms with Crippen LogP contribution in [0.2, 0.25) is 5.02 Å². The Labute approximate surface area is 129 Å². The van der Waals surface area contributed by atoms with Gasteiger partial charge in [0.25, 0.3) is 5.91 Å². The van der Waals surface area contributed by atoms with Gasteiger partial charge >= 0.3 is 0 Å². The van der Waals surface area contributed by atoms with E-state index in [1.54, 1.807) is 13.0 Å². The van der Waals surface area contributed by atoms with Crippen LogP contribution in [0.1, 0.15) is 38.1 Å². The Morgan fingerprint density at radius 1 is 1.29 bits per heavy atom. The van der Waals surface area contributed by atoms with E-state index in [2.05, 4.69) is 20.9 Å². The molecule has 0 fully saturated rings. The van der Waals surface area contributed by atoms with Crippen molar-refractivity contribution in [3.8, 4) is 0 Å². The average Bonchev–Trinajstić information content (AvgIpc) is 2.40. The van der Waals surface area contributed by atoms with E-state index in [-0.39, 0.29) is 22.5 Å². The quantitative estimate of drug-likeness (QED) is 0.748. The monoisotopic (exact) mass is 312 g/mol. The Hall–Kier alpha value is -1.82. The van der Waals surface area contributed by atoms with Crippen LogP contribution in [0.25, 0.3) is 0 Å². The number of halogens is 1. The van der Waals surface area contributed by atoms with Crippen LogP contribution in [0.3, 0.4) is 0 Å². The van der Waals surface area contributed by atoms with Crippen LogP contribution in [0.4, 0.5) is 5.82 Å². The van der Waals surface area contributed by atoms with E-state index >= 15 is 0 Å². The third-order valence-electron chi connectivity index (χ3n) is 2.63. The molecule has 1 atom stereocenters. The number of pyridine rings is 1. The van der Waals surface area contributed by atoms with E-state index < -0.39 is 11.9 Å². The average molecular weight is 313 g/mol. The van der Waals surface area contributed by atoms with E-state index in [1.165, 1.54) is 6.20 Å². The van der Waals surface area contributed by atoms with Crippen molar-refractivity contribution >= 4 is 29.2 Å². The van der Waals surface area contributed by atoms with Gasteiger partial charge in [-0.25, -0.2) is 4.98 Å². The molecule has 2 amide bonds. The molecule has 0 spiro atoms. The predicted molar refractivity (Wildman–Crippen MR) is 83.6 cm³/mol. The molecule has 116 valence electrons. The number of hydrogen-bond donors (Lipinski definition) is 3. The molecule has 6 nitrogen and oxygen atoms in total. The molecule has 1 aromatic rings. The second kappa shape index (κ2) is 7.83. The molecule has 1 heterocycles. The van der Waals surface area contributed by atoms with Crippen LogP contribution in [-0.4, -0.2) is 35.4 Å². The van der Waals surface area contributed by atoms with Crippen molar-refractivity contribution in [2.75, 3.05) is 11.9 Å². The van der Waals surface area contributed by atoms with Gasteiger partial charge < -0.3 is 16.0 Å². The number of carbonyl (C=O) groups excluding carboxylic acids is 2. The van der Waals surface area contributed by atoms with Gasteiger partial charge in [0.15, 0.2) is 0 Å². The molecule has 1 aromatic heterocycles. The van der Waals surface area contributed by atoms with Crippen molar-refractivity contribution in [1.82, 2.24) is 15.6 Å². The zero-order valence-electron chi connectivity index (χ0n) is 12.7. The molecule has 0 aliphatic heterocycles. The minimum absolute atomic E-state index is 0.0155. The maximum Gasteiger partial charge on any atom is 0.253 e. The van der Waals surface area contributed by atoms with E-state index in [4.69, 9.17) is 11.6 Å². The fourth-order valence-corrected chi connectivity index (χ4v) is 1.83. The Balaban J connectivity index is 2.79. The lowest BCUT2D eigenvalue weighted by molar-refractivity contribution is -0.123. The van der Waals surface area contributed by atoms with E-state index in [1.807, 2.05) is 20.8 Å². The largest absolute Gasteiger partial charge is 0.370 e. The van der Waals surface area contributed by atoms with Crippen molar-refractivity contribution in [3.63, 3.8) is 0 Å². The summed E-state index contributed by atoms with van der Waals surface area (Å²) >= 11 is 5.99. The number of amides is 2. The number of hydrogen-bond acceptors (Lipinski definition) is 4. The summed E-state index contributed by atoms with van der Waals surface area (Å²) in [5.41, 5.74) is 0.284. The molecule has 1 unspecified atom stereocenters. The Morgan fingerprint density at radius 2 is 1.95 bits per heavy atom. The van der Waals surface area contributed by atoms with E-state index in [9.17, 15) is 9.59 Å². The van der Waals surface area contributed by atoms with Crippen LogP contribution < -0.4 is 16.0 Å². The van der Waals surface area contributed by atoms with Gasteiger partial charge in [-0.15, -0.1) is 0 Å². The highest BCUT2D eigenvalue weighted by atomic mass is 35.5. The second-order valence-corrected chi connectivity index (χ2v) is 5.35. The minimum Gasteiger partial charge on any atom is -0.370 e. The summed E-state index contributed by atoms with van der Waals surface area (Å²) in [6.07, 6.45) is 1.41. The van der Waals surface area contributed by atoms with Crippen LogP contribution in [0, 0.1) is 0 Å². The Kier molecular flexibility index (Phi) is 6.42. The van der Waals surface area contributed by atoms with E-state index in [0.29, 0.717) is 12.4 Å². The van der Waals surface area contributed by atoms with Crippen molar-refractivity contribution in [2.24, 2.45) is 0 Å². The molecule has 0 radical (unpaired) electrons. The van der Waals surface area contributed by atoms with Crippen molar-refractivity contribution in [3.05, 3.63) is 22.8 Å². The number of rotatable bonds is 6. The molecule has 1 rings (SSSR count). The summed E-state index contributed by atoms with van der Waals surface area (Å²) in [6, 6.07) is 0.933. The molecular formula is C14H21ClN4O2. The molecule has 0 bridgehead atoms. The maximum absolute atomic E-state index is 12.2. The molecule has 0 aromatic carbocycles.